The molecule has 0 aliphatic heterocycles. The summed E-state index contributed by atoms with van der Waals surface area (Å²) in [7, 11) is 0. The van der Waals surface area contributed by atoms with Crippen LogP contribution in [0.2, 0.25) is 0 Å². The van der Waals surface area contributed by atoms with Crippen LogP contribution >= 0.6 is 12.2 Å². The van der Waals surface area contributed by atoms with Gasteiger partial charge in [-0.15, -0.1) is 0 Å². The zero-order chi connectivity index (χ0) is 13.8. The number of pyridine rings is 1. The quantitative estimate of drug-likeness (QED) is 0.649. The number of nitrogens with zero attached hydrogens (tertiary/aromatic N) is 2. The van der Waals surface area contributed by atoms with Crippen LogP contribution in [0, 0.1) is 11.7 Å². The van der Waals surface area contributed by atoms with Gasteiger partial charge in [-0.2, -0.15) is 0 Å². The average molecular weight is 279 g/mol. The Hall–Kier alpha value is -1.20. The molecule has 5 heteroatoms. The first-order valence-electron chi connectivity index (χ1n) is 6.74. The van der Waals surface area contributed by atoms with Crippen molar-refractivity contribution < 1.29 is 4.74 Å². The van der Waals surface area contributed by atoms with E-state index < -0.39 is 0 Å². The summed E-state index contributed by atoms with van der Waals surface area (Å²) in [4.78, 5) is 7.67. The smallest absolute Gasteiger partial charge is 0.179 e. The first-order chi connectivity index (χ1) is 9.08. The van der Waals surface area contributed by atoms with Crippen LogP contribution < -0.4 is 0 Å². The first-order valence-corrected chi connectivity index (χ1v) is 7.15. The maximum atomic E-state index is 5.54. The standard InChI is InChI=1S/C14H21N3OS/c1-10(2)18-7-5-4-6-17-13-12(16-14(17)19)8-11(3)9-15-13/h8-10H,4-7H2,1-3H3,(H,16,19). The molecular formula is C14H21N3OS. The maximum Gasteiger partial charge on any atom is 0.179 e. The molecule has 2 aromatic rings. The second kappa shape index (κ2) is 6.30. The summed E-state index contributed by atoms with van der Waals surface area (Å²) < 4.78 is 8.35. The van der Waals surface area contributed by atoms with Gasteiger partial charge < -0.3 is 14.3 Å². The van der Waals surface area contributed by atoms with Gasteiger partial charge in [-0.3, -0.25) is 0 Å². The number of aromatic amines is 1. The zero-order valence-electron chi connectivity index (χ0n) is 11.8. The third-order valence-corrected chi connectivity index (χ3v) is 3.30. The lowest BCUT2D eigenvalue weighted by Crippen LogP contribution is -2.05. The third kappa shape index (κ3) is 3.64. The van der Waals surface area contributed by atoms with Gasteiger partial charge in [0.2, 0.25) is 0 Å². The molecule has 0 bridgehead atoms. The molecule has 0 unspecified atom stereocenters. The van der Waals surface area contributed by atoms with E-state index >= 15 is 0 Å². The Morgan fingerprint density at radius 2 is 2.21 bits per heavy atom. The fourth-order valence-electron chi connectivity index (χ4n) is 2.05. The first kappa shape index (κ1) is 14.2. The summed E-state index contributed by atoms with van der Waals surface area (Å²) in [6.45, 7) is 7.84. The van der Waals surface area contributed by atoms with E-state index in [-0.39, 0.29) is 0 Å². The molecule has 0 aromatic carbocycles. The average Bonchev–Trinajstić information content (AvgIpc) is 2.64. The second-order valence-corrected chi connectivity index (χ2v) is 5.48. The van der Waals surface area contributed by atoms with Crippen molar-refractivity contribution in [1.29, 1.82) is 0 Å². The molecule has 4 nitrogen and oxygen atoms in total. The van der Waals surface area contributed by atoms with E-state index in [1.54, 1.807) is 0 Å². The van der Waals surface area contributed by atoms with E-state index in [9.17, 15) is 0 Å². The molecule has 2 rings (SSSR count). The maximum absolute atomic E-state index is 5.54. The number of imidazole rings is 1. The minimum absolute atomic E-state index is 0.305. The molecule has 104 valence electrons. The summed E-state index contributed by atoms with van der Waals surface area (Å²) in [5.41, 5.74) is 3.10. The summed E-state index contributed by atoms with van der Waals surface area (Å²) in [6, 6.07) is 2.08. The van der Waals surface area contributed by atoms with E-state index in [1.807, 2.05) is 13.1 Å². The number of ether oxygens (including phenoxy) is 1. The third-order valence-electron chi connectivity index (χ3n) is 2.97. The molecule has 0 aliphatic carbocycles. The summed E-state index contributed by atoms with van der Waals surface area (Å²) in [6.07, 6.45) is 4.27. The van der Waals surface area contributed by atoms with Crippen molar-refractivity contribution in [2.24, 2.45) is 0 Å². The number of nitrogens with one attached hydrogen (secondary N) is 1. The van der Waals surface area contributed by atoms with Gasteiger partial charge in [-0.1, -0.05) is 0 Å². The van der Waals surface area contributed by atoms with Crippen LogP contribution in [0.4, 0.5) is 0 Å². The number of unbranched alkanes of at least 4 members (excludes halogenated alkanes) is 1. The predicted octanol–water partition coefficient (Wildman–Crippen LogP) is 3.61. The molecule has 1 N–H and O–H groups in total. The zero-order valence-corrected chi connectivity index (χ0v) is 12.6. The second-order valence-electron chi connectivity index (χ2n) is 5.09. The summed E-state index contributed by atoms with van der Waals surface area (Å²) >= 11 is 5.35. The highest BCUT2D eigenvalue weighted by atomic mass is 32.1. The molecule has 0 amide bonds. The van der Waals surface area contributed by atoms with E-state index in [0.717, 1.165) is 47.5 Å². The lowest BCUT2D eigenvalue weighted by atomic mass is 10.3. The van der Waals surface area contributed by atoms with Gasteiger partial charge in [0.25, 0.3) is 0 Å². The van der Waals surface area contributed by atoms with E-state index in [4.69, 9.17) is 17.0 Å². The SMILES string of the molecule is Cc1cnc2c(c1)[nH]c(=S)n2CCCCOC(C)C. The fourth-order valence-corrected chi connectivity index (χ4v) is 2.33. The van der Waals surface area contributed by atoms with Crippen LogP contribution in [0.25, 0.3) is 11.2 Å². The monoisotopic (exact) mass is 279 g/mol. The topological polar surface area (TPSA) is 42.8 Å². The van der Waals surface area contributed by atoms with Crippen LogP contribution in [0.5, 0.6) is 0 Å². The molecule has 0 saturated carbocycles. The molecule has 2 heterocycles. The Kier molecular flexibility index (Phi) is 4.71. The molecule has 0 spiro atoms. The highest BCUT2D eigenvalue weighted by Gasteiger charge is 2.05. The molecule has 0 saturated heterocycles. The van der Waals surface area contributed by atoms with Crippen molar-refractivity contribution in [2.45, 2.75) is 46.3 Å². The fraction of sp³-hybridized carbons (Fsp3) is 0.571. The van der Waals surface area contributed by atoms with Gasteiger partial charge in [-0.25, -0.2) is 4.98 Å². The number of hydrogen-bond acceptors (Lipinski definition) is 3. The van der Waals surface area contributed by atoms with Gasteiger partial charge >= 0.3 is 0 Å². The summed E-state index contributed by atoms with van der Waals surface area (Å²) in [5, 5.41) is 0. The number of aryl methyl sites for hydroxylation is 2. The van der Waals surface area contributed by atoms with Crippen LogP contribution in [-0.2, 0) is 11.3 Å². The number of aromatic nitrogens is 3. The molecule has 0 fully saturated rings. The summed E-state index contributed by atoms with van der Waals surface area (Å²) in [5.74, 6) is 0. The Morgan fingerprint density at radius 1 is 1.42 bits per heavy atom. The lowest BCUT2D eigenvalue weighted by molar-refractivity contribution is 0.0754. The van der Waals surface area contributed by atoms with Gasteiger partial charge in [0.05, 0.1) is 11.6 Å². The van der Waals surface area contributed by atoms with Gasteiger partial charge in [0.15, 0.2) is 10.4 Å². The van der Waals surface area contributed by atoms with Crippen molar-refractivity contribution in [1.82, 2.24) is 14.5 Å². The van der Waals surface area contributed by atoms with Crippen molar-refractivity contribution in [3.63, 3.8) is 0 Å². The number of rotatable bonds is 6. The van der Waals surface area contributed by atoms with Crippen LogP contribution in [0.1, 0.15) is 32.3 Å². The van der Waals surface area contributed by atoms with Crippen LogP contribution in [0.3, 0.4) is 0 Å². The predicted molar refractivity (Wildman–Crippen MR) is 80.0 cm³/mol. The van der Waals surface area contributed by atoms with Crippen molar-refractivity contribution in [3.8, 4) is 0 Å². The molecule has 0 radical (unpaired) electrons. The van der Waals surface area contributed by atoms with Gasteiger partial charge in [0.1, 0.15) is 0 Å². The van der Waals surface area contributed by atoms with Crippen LogP contribution in [-0.4, -0.2) is 27.2 Å². The molecule has 2 aromatic heterocycles. The van der Waals surface area contributed by atoms with Crippen molar-refractivity contribution >= 4 is 23.4 Å². The van der Waals surface area contributed by atoms with Gasteiger partial charge in [-0.05, 0) is 57.5 Å². The normalized spacial score (nSPS) is 11.6. The van der Waals surface area contributed by atoms with Gasteiger partial charge in [0, 0.05) is 19.3 Å². The Balaban J connectivity index is 2.00. The Bertz CT molecular complexity index is 600. The highest BCUT2D eigenvalue weighted by Crippen LogP contribution is 2.13. The molecule has 19 heavy (non-hydrogen) atoms. The van der Waals surface area contributed by atoms with Crippen LogP contribution in [0.15, 0.2) is 12.3 Å². The van der Waals surface area contributed by atoms with E-state index in [0.29, 0.717) is 6.10 Å². The van der Waals surface area contributed by atoms with Crippen molar-refractivity contribution in [2.75, 3.05) is 6.61 Å². The van der Waals surface area contributed by atoms with Crippen molar-refractivity contribution in [3.05, 3.63) is 22.6 Å². The number of fused-ring (bicyclic) bond motifs is 1. The Labute approximate surface area is 118 Å². The number of H-pyrrole nitrogens is 1. The minimum Gasteiger partial charge on any atom is -0.379 e. The van der Waals surface area contributed by atoms with E-state index in [2.05, 4.69) is 34.4 Å². The lowest BCUT2D eigenvalue weighted by Gasteiger charge is -2.07. The Morgan fingerprint density at radius 3 is 2.95 bits per heavy atom. The highest BCUT2D eigenvalue weighted by molar-refractivity contribution is 7.71. The minimum atomic E-state index is 0.305. The number of hydrogen-bond donors (Lipinski definition) is 1. The van der Waals surface area contributed by atoms with E-state index in [1.165, 1.54) is 0 Å². The molecular weight excluding hydrogens is 258 g/mol. The molecule has 0 atom stereocenters. The largest absolute Gasteiger partial charge is 0.379 e. The molecule has 0 aliphatic rings.